The molecule has 6 heteroatoms. The molecular weight excluding hydrogens is 500 g/mol. The fraction of sp³-hybridized carbons (Fsp3) is 0.697. The van der Waals surface area contributed by atoms with Gasteiger partial charge in [-0.25, -0.2) is 9.78 Å². The maximum Gasteiger partial charge on any atom is 0.315 e. The van der Waals surface area contributed by atoms with E-state index in [0.29, 0.717) is 10.8 Å². The van der Waals surface area contributed by atoms with E-state index in [1.807, 2.05) is 17.6 Å². The average Bonchev–Trinajstić information content (AvgIpc) is 3.57. The van der Waals surface area contributed by atoms with Crippen molar-refractivity contribution in [3.63, 3.8) is 0 Å². The molecule has 5 nitrogen and oxygen atoms in total. The maximum absolute atomic E-state index is 13.3. The number of carbonyl (C=O) groups excluding carboxylic acids is 1. The van der Waals surface area contributed by atoms with Crippen LogP contribution in [0.4, 0.5) is 4.79 Å². The van der Waals surface area contributed by atoms with Crippen molar-refractivity contribution >= 4 is 17.4 Å². The summed E-state index contributed by atoms with van der Waals surface area (Å²) >= 11 is 1.61. The van der Waals surface area contributed by atoms with Gasteiger partial charge in [-0.05, 0) is 118 Å². The first-order chi connectivity index (χ1) is 18.8. The van der Waals surface area contributed by atoms with Gasteiger partial charge < -0.3 is 15.5 Å². The van der Waals surface area contributed by atoms with Gasteiger partial charge >= 0.3 is 6.03 Å². The zero-order chi connectivity index (χ0) is 27.2. The lowest BCUT2D eigenvalue weighted by molar-refractivity contribution is -0.115. The van der Waals surface area contributed by atoms with E-state index in [1.165, 1.54) is 50.5 Å². The maximum atomic E-state index is 13.3. The summed E-state index contributed by atoms with van der Waals surface area (Å²) in [7, 11) is 4.60. The van der Waals surface area contributed by atoms with Crippen LogP contribution in [-0.2, 0) is 6.42 Å². The quantitative estimate of drug-likeness (QED) is 0.406. The van der Waals surface area contributed by atoms with Crippen LogP contribution in [0.25, 0.3) is 0 Å². The molecule has 2 amide bonds. The van der Waals surface area contributed by atoms with Crippen LogP contribution < -0.4 is 10.6 Å². The summed E-state index contributed by atoms with van der Waals surface area (Å²) in [6, 6.07) is 11.3. The Morgan fingerprint density at radius 3 is 2.54 bits per heavy atom. The molecular formula is C33H48N4OS. The van der Waals surface area contributed by atoms with Gasteiger partial charge in [-0.1, -0.05) is 44.2 Å². The smallest absolute Gasteiger partial charge is 0.315 e. The monoisotopic (exact) mass is 548 g/mol. The highest BCUT2D eigenvalue weighted by Crippen LogP contribution is 2.66. The summed E-state index contributed by atoms with van der Waals surface area (Å²) in [6.45, 7) is 5.25. The fourth-order valence-corrected chi connectivity index (χ4v) is 10.7. The molecule has 0 spiro atoms. The Kier molecular flexibility index (Phi) is 7.56. The Morgan fingerprint density at radius 2 is 1.79 bits per heavy atom. The second-order valence-electron chi connectivity index (χ2n) is 14.0. The standard InChI is InChI=1S/C33H48N4OS/c1-32-16-14-24(35-31(38)36-28(30-34-18-19-39-30)20-22-8-6-5-7-9-22)21-23(32)10-11-25-26-12-13-29(37(3)4)33(26,2)17-15-27(25)32/h5-9,18-19,23-29H,10-17,20-21H2,1-4H3,(H2,35,36,38)/t23-,24+,25+,26+,27+,28+,29-,32+,33+/m1/s1. The number of aromatic nitrogens is 1. The van der Waals surface area contributed by atoms with Crippen LogP contribution in [0.3, 0.4) is 0 Å². The Bertz CT molecular complexity index is 1120. The van der Waals surface area contributed by atoms with Gasteiger partial charge in [0.1, 0.15) is 5.01 Å². The fourth-order valence-electron chi connectivity index (χ4n) is 10.1. The topological polar surface area (TPSA) is 57.3 Å². The van der Waals surface area contributed by atoms with Gasteiger partial charge in [0.15, 0.2) is 0 Å². The van der Waals surface area contributed by atoms with Gasteiger partial charge in [-0.2, -0.15) is 0 Å². The van der Waals surface area contributed by atoms with Crippen molar-refractivity contribution in [3.05, 3.63) is 52.5 Å². The Morgan fingerprint density at radius 1 is 1.03 bits per heavy atom. The minimum absolute atomic E-state index is 0.0393. The summed E-state index contributed by atoms with van der Waals surface area (Å²) in [5.41, 5.74) is 2.15. The molecule has 4 saturated carbocycles. The molecule has 1 aromatic carbocycles. The number of hydrogen-bond donors (Lipinski definition) is 2. The van der Waals surface area contributed by atoms with Crippen LogP contribution >= 0.6 is 11.3 Å². The zero-order valence-electron chi connectivity index (χ0n) is 24.4. The summed E-state index contributed by atoms with van der Waals surface area (Å²) < 4.78 is 0. The van der Waals surface area contributed by atoms with Gasteiger partial charge in [0.25, 0.3) is 0 Å². The Hall–Kier alpha value is -1.92. The lowest BCUT2D eigenvalue weighted by Crippen LogP contribution is -2.57. The van der Waals surface area contributed by atoms with Crippen molar-refractivity contribution in [2.75, 3.05) is 14.1 Å². The van der Waals surface area contributed by atoms with Crippen molar-refractivity contribution in [2.45, 2.75) is 96.2 Å². The highest BCUT2D eigenvalue weighted by molar-refractivity contribution is 7.09. The van der Waals surface area contributed by atoms with E-state index in [-0.39, 0.29) is 18.1 Å². The van der Waals surface area contributed by atoms with Crippen molar-refractivity contribution < 1.29 is 4.79 Å². The third-order valence-corrected chi connectivity index (χ3v) is 12.8. The number of amides is 2. The van der Waals surface area contributed by atoms with Crippen molar-refractivity contribution in [2.24, 2.45) is 34.5 Å². The SMILES string of the molecule is CN(C)[C@@H]1CC[C@H]2[C@@H]3CC[C@@H]4C[C@@H](NC(=O)N[C@@H](Cc5ccccc5)c5nccs5)CC[C@]4(C)[C@H]3CC[C@@]21C. The highest BCUT2D eigenvalue weighted by atomic mass is 32.1. The molecule has 0 unspecified atom stereocenters. The molecule has 6 rings (SSSR count). The van der Waals surface area contributed by atoms with Gasteiger partial charge in [-0.15, -0.1) is 11.3 Å². The summed E-state index contributed by atoms with van der Waals surface area (Å²) in [6.07, 6.45) is 14.4. The highest BCUT2D eigenvalue weighted by Gasteiger charge is 2.60. The van der Waals surface area contributed by atoms with Gasteiger partial charge in [-0.3, -0.25) is 0 Å². The summed E-state index contributed by atoms with van der Waals surface area (Å²) in [5.74, 6) is 3.40. The van der Waals surface area contributed by atoms with Crippen LogP contribution in [0.5, 0.6) is 0 Å². The molecule has 39 heavy (non-hydrogen) atoms. The minimum Gasteiger partial charge on any atom is -0.335 e. The van der Waals surface area contributed by atoms with Crippen LogP contribution in [0.2, 0.25) is 0 Å². The predicted octanol–water partition coefficient (Wildman–Crippen LogP) is 7.07. The number of nitrogens with one attached hydrogen (secondary N) is 2. The van der Waals surface area contributed by atoms with Crippen LogP contribution in [0.15, 0.2) is 41.9 Å². The number of hydrogen-bond acceptors (Lipinski definition) is 4. The van der Waals surface area contributed by atoms with E-state index in [2.05, 4.69) is 72.7 Å². The second-order valence-corrected chi connectivity index (χ2v) is 14.9. The number of rotatable bonds is 6. The third kappa shape index (κ3) is 5.05. The first kappa shape index (κ1) is 27.3. The molecule has 0 radical (unpaired) electrons. The lowest BCUT2D eigenvalue weighted by atomic mass is 9.45. The first-order valence-corrected chi connectivity index (χ1v) is 16.3. The Balaban J connectivity index is 1.09. The van der Waals surface area contributed by atoms with Crippen LogP contribution in [0, 0.1) is 34.5 Å². The van der Waals surface area contributed by atoms with E-state index in [4.69, 9.17) is 0 Å². The minimum atomic E-state index is -0.106. The van der Waals surface area contributed by atoms with Crippen molar-refractivity contribution in [1.82, 2.24) is 20.5 Å². The van der Waals surface area contributed by atoms with Crippen LogP contribution in [-0.4, -0.2) is 42.1 Å². The molecule has 2 N–H and O–H groups in total. The van der Waals surface area contributed by atoms with Gasteiger partial charge in [0.2, 0.25) is 0 Å². The van der Waals surface area contributed by atoms with Crippen molar-refractivity contribution in [3.8, 4) is 0 Å². The zero-order valence-corrected chi connectivity index (χ0v) is 25.2. The molecule has 2 aromatic rings. The number of thiazole rings is 1. The number of benzene rings is 1. The van der Waals surface area contributed by atoms with Gasteiger partial charge in [0, 0.05) is 23.7 Å². The van der Waals surface area contributed by atoms with E-state index in [0.717, 1.165) is 54.0 Å². The van der Waals surface area contributed by atoms with Crippen molar-refractivity contribution in [1.29, 1.82) is 0 Å². The number of urea groups is 1. The van der Waals surface area contributed by atoms with E-state index in [1.54, 1.807) is 11.3 Å². The molecule has 4 aliphatic carbocycles. The predicted molar refractivity (Wildman–Crippen MR) is 160 cm³/mol. The Labute approximate surface area is 239 Å². The third-order valence-electron chi connectivity index (χ3n) is 11.9. The normalized spacial score (nSPS) is 38.4. The molecule has 212 valence electrons. The second kappa shape index (κ2) is 10.8. The number of nitrogens with zero attached hydrogens (tertiary/aromatic N) is 2. The first-order valence-electron chi connectivity index (χ1n) is 15.4. The number of carbonyl (C=O) groups is 1. The molecule has 9 atom stereocenters. The molecule has 0 saturated heterocycles. The molecule has 4 fully saturated rings. The molecule has 4 aliphatic rings. The largest absolute Gasteiger partial charge is 0.335 e. The lowest BCUT2D eigenvalue weighted by Gasteiger charge is -2.61. The van der Waals surface area contributed by atoms with E-state index < -0.39 is 0 Å². The molecule has 1 aromatic heterocycles. The summed E-state index contributed by atoms with van der Waals surface area (Å²) in [4.78, 5) is 20.3. The van der Waals surface area contributed by atoms with Gasteiger partial charge in [0.05, 0.1) is 6.04 Å². The number of fused-ring (bicyclic) bond motifs is 5. The van der Waals surface area contributed by atoms with E-state index in [9.17, 15) is 4.79 Å². The average molecular weight is 549 g/mol. The molecule has 0 aliphatic heterocycles. The van der Waals surface area contributed by atoms with Crippen LogP contribution in [0.1, 0.15) is 88.2 Å². The summed E-state index contributed by atoms with van der Waals surface area (Å²) in [5, 5.41) is 9.64. The van der Waals surface area contributed by atoms with E-state index >= 15 is 0 Å². The molecule has 1 heterocycles. The molecule has 0 bridgehead atoms.